The Labute approximate surface area is 137 Å². The number of nitrogens with zero attached hydrogens (tertiary/aromatic N) is 2. The Balaban J connectivity index is 2.19. The monoisotopic (exact) mass is 323 g/mol. The third-order valence-corrected chi connectivity index (χ3v) is 3.08. The molecule has 1 amide bonds. The molecular weight excluding hydrogens is 310 g/mol. The fraction of sp³-hybridized carbons (Fsp3) is 0.0588. The highest BCUT2D eigenvalue weighted by Crippen LogP contribution is 2.22. The van der Waals surface area contributed by atoms with Gasteiger partial charge in [0.25, 0.3) is 11.6 Å². The van der Waals surface area contributed by atoms with Gasteiger partial charge >= 0.3 is 0 Å². The van der Waals surface area contributed by atoms with Gasteiger partial charge in [0.2, 0.25) is 0 Å². The molecule has 0 bridgehead atoms. The molecule has 2 rings (SSSR count). The van der Waals surface area contributed by atoms with Crippen LogP contribution in [0.5, 0.6) is 5.75 Å². The fourth-order valence-corrected chi connectivity index (χ4v) is 1.92. The second kappa shape index (κ2) is 7.56. The van der Waals surface area contributed by atoms with E-state index in [1.807, 2.05) is 0 Å². The number of non-ortho nitro benzene ring substituents is 1. The van der Waals surface area contributed by atoms with E-state index in [0.29, 0.717) is 16.9 Å². The standard InChI is InChI=1S/C17H13N3O4/c18-10-14(13-3-5-15(6-4-13)20(22)23)9-12-1-7-16(8-2-12)24-11-17(19)21/h1-9H,11H2,(H2,19,21)/b14-9-. The van der Waals surface area contributed by atoms with Gasteiger partial charge in [-0.05, 0) is 41.5 Å². The van der Waals surface area contributed by atoms with Gasteiger partial charge in [-0.25, -0.2) is 0 Å². The highest BCUT2D eigenvalue weighted by atomic mass is 16.6. The number of nitro groups is 1. The van der Waals surface area contributed by atoms with Gasteiger partial charge in [-0.2, -0.15) is 5.26 Å². The zero-order chi connectivity index (χ0) is 17.5. The Hall–Kier alpha value is -3.66. The fourth-order valence-electron chi connectivity index (χ4n) is 1.92. The molecule has 0 saturated carbocycles. The lowest BCUT2D eigenvalue weighted by atomic mass is 10.0. The third kappa shape index (κ3) is 4.42. The molecule has 0 heterocycles. The predicted octanol–water partition coefficient (Wildman–Crippen LogP) is 2.52. The van der Waals surface area contributed by atoms with E-state index in [-0.39, 0.29) is 12.3 Å². The quantitative estimate of drug-likeness (QED) is 0.379. The molecule has 7 nitrogen and oxygen atoms in total. The van der Waals surface area contributed by atoms with Crippen LogP contribution in [0.4, 0.5) is 5.69 Å². The summed E-state index contributed by atoms with van der Waals surface area (Å²) in [6.45, 7) is -0.207. The summed E-state index contributed by atoms with van der Waals surface area (Å²) in [5.41, 5.74) is 6.66. The number of benzene rings is 2. The van der Waals surface area contributed by atoms with Crippen LogP contribution in [0.3, 0.4) is 0 Å². The van der Waals surface area contributed by atoms with Gasteiger partial charge in [0.1, 0.15) is 5.75 Å². The number of nitrogens with two attached hydrogens (primary N) is 1. The number of ether oxygens (including phenoxy) is 1. The second-order valence-electron chi connectivity index (χ2n) is 4.80. The van der Waals surface area contributed by atoms with E-state index in [0.717, 1.165) is 5.56 Å². The zero-order valence-corrected chi connectivity index (χ0v) is 12.5. The molecule has 0 aliphatic heterocycles. The Morgan fingerprint density at radius 1 is 1.21 bits per heavy atom. The van der Waals surface area contributed by atoms with Crippen LogP contribution < -0.4 is 10.5 Å². The van der Waals surface area contributed by atoms with E-state index in [9.17, 15) is 20.2 Å². The maximum absolute atomic E-state index is 10.7. The second-order valence-corrected chi connectivity index (χ2v) is 4.80. The summed E-state index contributed by atoms with van der Waals surface area (Å²) >= 11 is 0. The molecule has 0 fully saturated rings. The number of allylic oxidation sites excluding steroid dienone is 1. The number of nitriles is 1. The van der Waals surface area contributed by atoms with Crippen molar-refractivity contribution in [2.75, 3.05) is 6.61 Å². The van der Waals surface area contributed by atoms with Crippen LogP contribution in [0.15, 0.2) is 48.5 Å². The first kappa shape index (κ1) is 16.7. The number of primary amides is 1. The summed E-state index contributed by atoms with van der Waals surface area (Å²) in [5.74, 6) is -0.0799. The summed E-state index contributed by atoms with van der Waals surface area (Å²) < 4.78 is 5.15. The van der Waals surface area contributed by atoms with Crippen LogP contribution in [0.2, 0.25) is 0 Å². The van der Waals surface area contributed by atoms with E-state index in [1.54, 1.807) is 30.3 Å². The molecule has 0 radical (unpaired) electrons. The zero-order valence-electron chi connectivity index (χ0n) is 12.5. The number of carbonyl (C=O) groups excluding carboxylic acids is 1. The third-order valence-electron chi connectivity index (χ3n) is 3.08. The first-order valence-corrected chi connectivity index (χ1v) is 6.87. The van der Waals surface area contributed by atoms with Crippen LogP contribution in [0, 0.1) is 21.4 Å². The van der Waals surface area contributed by atoms with E-state index in [1.165, 1.54) is 24.3 Å². The summed E-state index contributed by atoms with van der Waals surface area (Å²) in [4.78, 5) is 20.8. The Bertz CT molecular complexity index is 818. The lowest BCUT2D eigenvalue weighted by Gasteiger charge is -2.04. The first-order valence-electron chi connectivity index (χ1n) is 6.87. The Kier molecular flexibility index (Phi) is 5.26. The van der Waals surface area contributed by atoms with E-state index in [2.05, 4.69) is 6.07 Å². The first-order chi connectivity index (χ1) is 11.5. The maximum atomic E-state index is 10.7. The smallest absolute Gasteiger partial charge is 0.269 e. The lowest BCUT2D eigenvalue weighted by Crippen LogP contribution is -2.19. The average molecular weight is 323 g/mol. The van der Waals surface area contributed by atoms with Crippen LogP contribution >= 0.6 is 0 Å². The maximum Gasteiger partial charge on any atom is 0.269 e. The molecule has 0 unspecified atom stereocenters. The molecule has 7 heteroatoms. The van der Waals surface area contributed by atoms with Crippen LogP contribution in [0.25, 0.3) is 11.6 Å². The van der Waals surface area contributed by atoms with Gasteiger partial charge in [-0.3, -0.25) is 14.9 Å². The average Bonchev–Trinajstić information content (AvgIpc) is 2.59. The van der Waals surface area contributed by atoms with Gasteiger partial charge in [0.05, 0.1) is 16.6 Å². The highest BCUT2D eigenvalue weighted by molar-refractivity contribution is 5.89. The van der Waals surface area contributed by atoms with Crippen molar-refractivity contribution in [2.45, 2.75) is 0 Å². The molecule has 2 aromatic carbocycles. The van der Waals surface area contributed by atoms with Crippen molar-refractivity contribution in [3.8, 4) is 11.8 Å². The Morgan fingerprint density at radius 2 is 1.83 bits per heavy atom. The van der Waals surface area contributed by atoms with Gasteiger partial charge in [0, 0.05) is 12.1 Å². The molecule has 0 atom stereocenters. The summed E-state index contributed by atoms with van der Waals surface area (Å²) in [5, 5.41) is 19.9. The SMILES string of the molecule is N#C/C(=C/c1ccc(OCC(N)=O)cc1)c1ccc([N+](=O)[O-])cc1. The van der Waals surface area contributed by atoms with Gasteiger partial charge in [-0.1, -0.05) is 12.1 Å². The number of carbonyl (C=O) groups is 1. The van der Waals surface area contributed by atoms with Crippen LogP contribution in [0.1, 0.15) is 11.1 Å². The van der Waals surface area contributed by atoms with E-state index in [4.69, 9.17) is 10.5 Å². The molecule has 0 aliphatic rings. The molecule has 0 aliphatic carbocycles. The van der Waals surface area contributed by atoms with E-state index < -0.39 is 10.8 Å². The minimum atomic E-state index is -0.566. The van der Waals surface area contributed by atoms with Crippen LogP contribution in [-0.4, -0.2) is 17.4 Å². The predicted molar refractivity (Wildman–Crippen MR) is 87.7 cm³/mol. The van der Waals surface area contributed by atoms with Crippen molar-refractivity contribution >= 4 is 23.2 Å². The number of amides is 1. The molecule has 2 N–H and O–H groups in total. The molecule has 24 heavy (non-hydrogen) atoms. The number of hydrogen-bond donors (Lipinski definition) is 1. The molecule has 0 saturated heterocycles. The van der Waals surface area contributed by atoms with Gasteiger partial charge in [-0.15, -0.1) is 0 Å². The van der Waals surface area contributed by atoms with Gasteiger partial charge in [0.15, 0.2) is 6.61 Å². The van der Waals surface area contributed by atoms with Gasteiger partial charge < -0.3 is 10.5 Å². The lowest BCUT2D eigenvalue weighted by molar-refractivity contribution is -0.384. The molecule has 2 aromatic rings. The number of rotatable bonds is 6. The Morgan fingerprint density at radius 3 is 2.33 bits per heavy atom. The number of nitro benzene ring substituents is 1. The topological polar surface area (TPSA) is 119 Å². The molecule has 120 valence electrons. The summed E-state index contributed by atoms with van der Waals surface area (Å²) in [6.07, 6.45) is 1.65. The minimum absolute atomic E-state index is 0.0352. The summed E-state index contributed by atoms with van der Waals surface area (Å²) in [7, 11) is 0. The van der Waals surface area contributed by atoms with Crippen molar-refractivity contribution in [3.63, 3.8) is 0 Å². The largest absolute Gasteiger partial charge is 0.484 e. The normalized spacial score (nSPS) is 10.7. The molecule has 0 spiro atoms. The van der Waals surface area contributed by atoms with Crippen LogP contribution in [-0.2, 0) is 4.79 Å². The minimum Gasteiger partial charge on any atom is -0.484 e. The van der Waals surface area contributed by atoms with Crippen molar-refractivity contribution in [2.24, 2.45) is 5.73 Å². The summed E-state index contributed by atoms with van der Waals surface area (Å²) in [6, 6.07) is 14.6. The van der Waals surface area contributed by atoms with Crippen molar-refractivity contribution in [1.82, 2.24) is 0 Å². The van der Waals surface area contributed by atoms with E-state index >= 15 is 0 Å². The molecular formula is C17H13N3O4. The molecule has 0 aromatic heterocycles. The highest BCUT2D eigenvalue weighted by Gasteiger charge is 2.07. The van der Waals surface area contributed by atoms with Crippen molar-refractivity contribution in [1.29, 1.82) is 5.26 Å². The number of hydrogen-bond acceptors (Lipinski definition) is 5. The van der Waals surface area contributed by atoms with Crippen molar-refractivity contribution in [3.05, 3.63) is 69.8 Å². The van der Waals surface area contributed by atoms with Crippen molar-refractivity contribution < 1.29 is 14.5 Å².